The molecule has 0 aliphatic carbocycles. The molecule has 18 aromatic rings. The molecule has 0 fully saturated rings. The smallest absolute Gasteiger partial charge is 0.273 e. The van der Waals surface area contributed by atoms with Gasteiger partial charge in [0.15, 0.2) is 23.3 Å². The van der Waals surface area contributed by atoms with Gasteiger partial charge in [0.2, 0.25) is 5.91 Å². The summed E-state index contributed by atoms with van der Waals surface area (Å²) in [6, 6.07) is 92.1. The molecule has 0 bridgehead atoms. The summed E-state index contributed by atoms with van der Waals surface area (Å²) in [5.41, 5.74) is 14.5. The number of aryl methyl sites for hydroxylation is 2. The summed E-state index contributed by atoms with van der Waals surface area (Å²) in [6.07, 6.45) is 8.10. The highest BCUT2D eigenvalue weighted by atomic mass is 79.9. The lowest BCUT2D eigenvalue weighted by molar-refractivity contribution is -0.128. The van der Waals surface area contributed by atoms with Crippen LogP contribution < -0.4 is 0 Å². The predicted molar refractivity (Wildman–Crippen MR) is 565 cm³/mol. The van der Waals surface area contributed by atoms with Crippen LogP contribution in [-0.2, 0) is 83.3 Å². The van der Waals surface area contributed by atoms with E-state index in [4.69, 9.17) is 55.9 Å². The summed E-state index contributed by atoms with van der Waals surface area (Å²) in [4.78, 5) is 69.6. The number of pyridine rings is 2. The van der Waals surface area contributed by atoms with E-state index in [0.29, 0.717) is 108 Å². The fraction of sp³-hybridized carbons (Fsp3) is 0.148. The van der Waals surface area contributed by atoms with E-state index in [2.05, 4.69) is 91.0 Å². The van der Waals surface area contributed by atoms with E-state index >= 15 is 0 Å². The third-order valence-corrected chi connectivity index (χ3v) is 24.8. The van der Waals surface area contributed by atoms with Crippen LogP contribution in [0.2, 0.25) is 15.1 Å². The number of nitrogens with zero attached hydrogens (tertiary/aromatic N) is 22. The fourth-order valence-corrected chi connectivity index (χ4v) is 16.9. The average molecular weight is 2130 g/mol. The van der Waals surface area contributed by atoms with Gasteiger partial charge in [0.1, 0.15) is 70.4 Å². The predicted octanol–water partition coefficient (Wildman–Crippen LogP) is 23.9. The Morgan fingerprint density at radius 2 is 0.787 bits per heavy atom. The Bertz CT molecular complexity index is 8030. The molecular weight excluding hydrogens is 2030 g/mol. The standard InChI is InChI=1S/C32H24ClF2N5O.C28H20Cl2N6O.C28H23F2N5O.C25H20BrFN6O.2CH4/c1-21-11-27(14-28(33)12-21)24-3-2-4-25(13-24)32(41)39(18-26-9-10-29(34)15-30(26)35)19-31-38-37-20-40(31)17-23-7-5-22(16-36)6-8-23;29-23-11-9-22(24(30)13-23)16-35(28(37)26-12-10-21-3-1-2-4-25(21)33-26)17-27-34-32-18-36(27)15-20-7-5-19(14-31)6-8-20;1-20(13-21-5-3-2-4-6-21)28(36)34(17-24-11-12-25(29)14-26(24)30)18-27-33-32-19-35(27)16-23-9-7-22(15-31)8-10-23;1-17-11-21(27)10-9-20(17)14-32(25(34)22-3-2-4-23(26)30-22)15-24-31-29-16-33(24)13-19-7-5-18(12-28)6-8-19;;/h2-15,20H,17-19H2,1H3;1-13,18H,15-17H2;2-14,19H,16-18H2,1H3;2-11,16H,13-15H2,1H3;2*1H4/b;;20-13+;;;. The van der Waals surface area contributed by atoms with E-state index in [1.807, 2.05) is 156 Å². The van der Waals surface area contributed by atoms with Crippen LogP contribution in [0.3, 0.4) is 0 Å². The third kappa shape index (κ3) is 29.8. The molecule has 26 nitrogen and oxygen atoms in total. The van der Waals surface area contributed by atoms with Crippen LogP contribution in [-0.4, -0.2) is 112 Å². The van der Waals surface area contributed by atoms with Crippen molar-refractivity contribution in [2.75, 3.05) is 0 Å². The van der Waals surface area contributed by atoms with E-state index in [0.717, 1.165) is 90.3 Å². The van der Waals surface area contributed by atoms with Gasteiger partial charge in [-0.15, -0.1) is 40.8 Å². The van der Waals surface area contributed by atoms with Gasteiger partial charge >= 0.3 is 0 Å². The average Bonchev–Trinajstić information content (AvgIpc) is 1.18. The third-order valence-electron chi connectivity index (χ3n) is 23.6. The summed E-state index contributed by atoms with van der Waals surface area (Å²) in [5.74, 6) is -2.21. The molecule has 0 N–H and O–H groups in total. The second-order valence-electron chi connectivity index (χ2n) is 34.2. The maximum Gasteiger partial charge on any atom is 0.273 e. The molecule has 0 aliphatic rings. The number of carbonyl (C=O) groups is 4. The fourth-order valence-electron chi connectivity index (χ4n) is 15.8. The molecule has 752 valence electrons. The van der Waals surface area contributed by atoms with Gasteiger partial charge in [-0.3, -0.25) is 19.2 Å². The van der Waals surface area contributed by atoms with Crippen LogP contribution in [0.25, 0.3) is 28.1 Å². The Kier molecular flexibility index (Phi) is 38.3. The number of rotatable bonds is 30. The lowest BCUT2D eigenvalue weighted by Crippen LogP contribution is -2.32. The summed E-state index contributed by atoms with van der Waals surface area (Å²) in [5, 5.41) is 71.7. The number of hydrogen-bond donors (Lipinski definition) is 0. The highest BCUT2D eigenvalue weighted by molar-refractivity contribution is 9.10. The molecule has 0 atom stereocenters. The molecule has 4 amide bonds. The van der Waals surface area contributed by atoms with Gasteiger partial charge in [0.05, 0.1) is 104 Å². The van der Waals surface area contributed by atoms with Crippen molar-refractivity contribution < 1.29 is 41.1 Å². The van der Waals surface area contributed by atoms with Gasteiger partial charge in [0.25, 0.3) is 17.7 Å². The number of benzene rings is 12. The second kappa shape index (κ2) is 52.4. The van der Waals surface area contributed by atoms with Crippen LogP contribution >= 0.6 is 50.7 Å². The molecule has 0 spiro atoms. The van der Waals surface area contributed by atoms with Gasteiger partial charge in [0, 0.05) is 81.0 Å². The summed E-state index contributed by atoms with van der Waals surface area (Å²) in [7, 11) is 0. The zero-order valence-electron chi connectivity index (χ0n) is 79.5. The molecule has 12 aromatic carbocycles. The molecule has 0 radical (unpaired) electrons. The number of para-hydroxylation sites is 1. The number of nitriles is 4. The SMILES string of the molecule is C.C.C/C(=C\c1ccccc1)C(=O)N(Cc1ccc(F)cc1F)Cc1nncn1Cc1ccc(C#N)cc1.Cc1cc(Cl)cc(-c2cccc(C(=O)N(Cc3ccc(F)cc3F)Cc3nncn3Cc3ccc(C#N)cc3)c2)c1.Cc1cc(F)ccc1CN(Cc1nncn1Cc1ccc(C#N)cc1)C(=O)c1cccc(Br)n1.N#Cc1ccc(Cn2cnnc2CN(Cc2ccc(Cl)cc2Cl)C(=O)c2ccc3ccccc3n2)cc1. The zero-order valence-corrected chi connectivity index (χ0v) is 83.4. The van der Waals surface area contributed by atoms with Crippen LogP contribution in [0, 0.1) is 88.3 Å². The Morgan fingerprint density at radius 3 is 1.24 bits per heavy atom. The van der Waals surface area contributed by atoms with Gasteiger partial charge in [-0.25, -0.2) is 31.9 Å². The maximum atomic E-state index is 14.7. The molecule has 6 heterocycles. The molecule has 0 unspecified atom stereocenters. The Labute approximate surface area is 886 Å². The first-order valence-corrected chi connectivity index (χ1v) is 47.8. The number of fused-ring (bicyclic) bond motifs is 1. The maximum absolute atomic E-state index is 14.7. The topological polar surface area (TPSA) is 325 Å². The van der Waals surface area contributed by atoms with Crippen molar-refractivity contribution in [2.24, 2.45) is 0 Å². The summed E-state index contributed by atoms with van der Waals surface area (Å²) < 4.78 is 77.7. The molecule has 6 aromatic heterocycles. The van der Waals surface area contributed by atoms with Crippen molar-refractivity contribution in [1.29, 1.82) is 21.0 Å². The minimum absolute atomic E-state index is 0. The van der Waals surface area contributed by atoms with Gasteiger partial charge in [-0.2, -0.15) is 21.0 Å². The first kappa shape index (κ1) is 110. The quantitative estimate of drug-likeness (QED) is 0.0229. The molecule has 150 heavy (non-hydrogen) atoms. The highest BCUT2D eigenvalue weighted by Gasteiger charge is 2.28. The summed E-state index contributed by atoms with van der Waals surface area (Å²) >= 11 is 22.1. The van der Waals surface area contributed by atoms with E-state index < -0.39 is 23.3 Å². The number of amides is 4. The Morgan fingerprint density at radius 1 is 0.373 bits per heavy atom. The molecule has 35 heteroatoms. The lowest BCUT2D eigenvalue weighted by atomic mass is 10.0. The normalized spacial score (nSPS) is 10.7. The summed E-state index contributed by atoms with van der Waals surface area (Å²) in [6.45, 7) is 8.01. The van der Waals surface area contributed by atoms with Crippen molar-refractivity contribution in [3.63, 3.8) is 0 Å². The van der Waals surface area contributed by atoms with Gasteiger partial charge < -0.3 is 37.9 Å². The van der Waals surface area contributed by atoms with E-state index in [9.17, 15) is 41.1 Å². The first-order chi connectivity index (χ1) is 71.6. The largest absolute Gasteiger partial charge is 0.327 e. The van der Waals surface area contributed by atoms with E-state index in [1.54, 1.807) is 173 Å². The number of hydrogen-bond acceptors (Lipinski definition) is 18. The van der Waals surface area contributed by atoms with Crippen LogP contribution in [0.15, 0.2) is 333 Å². The Balaban J connectivity index is 0.000000166. The van der Waals surface area contributed by atoms with E-state index in [1.165, 1.54) is 40.1 Å². The molecular formula is C115H95BrCl3F5N22O4. The monoisotopic (exact) mass is 2130 g/mol. The number of aromatic nitrogens is 14. The molecule has 0 saturated heterocycles. The van der Waals surface area contributed by atoms with Crippen molar-refractivity contribution in [1.82, 2.24) is 88.6 Å². The number of carbonyl (C=O) groups excluding carboxylic acids is 4. The minimum Gasteiger partial charge on any atom is -0.327 e. The zero-order chi connectivity index (χ0) is 104. The number of halogens is 9. The van der Waals surface area contributed by atoms with Crippen LogP contribution in [0.4, 0.5) is 22.0 Å². The van der Waals surface area contributed by atoms with Crippen LogP contribution in [0.5, 0.6) is 0 Å². The van der Waals surface area contributed by atoms with Gasteiger partial charge in [-0.1, -0.05) is 201 Å². The van der Waals surface area contributed by atoms with Crippen molar-refractivity contribution >= 4 is 91.3 Å². The van der Waals surface area contributed by atoms with E-state index in [-0.39, 0.29) is 113 Å². The van der Waals surface area contributed by atoms with Crippen molar-refractivity contribution in [3.05, 3.63) is 501 Å². The second-order valence-corrected chi connectivity index (χ2v) is 36.3. The molecule has 0 saturated carbocycles. The van der Waals surface area contributed by atoms with Gasteiger partial charge in [-0.05, 0) is 237 Å². The minimum atomic E-state index is -0.745. The van der Waals surface area contributed by atoms with Crippen LogP contribution in [0.1, 0.15) is 160 Å². The first-order valence-electron chi connectivity index (χ1n) is 45.9. The molecule has 18 rings (SSSR count). The van der Waals surface area contributed by atoms with Crippen molar-refractivity contribution in [3.8, 4) is 35.4 Å². The molecule has 0 aliphatic heterocycles. The Hall–Kier alpha value is -17.7. The van der Waals surface area contributed by atoms with Crippen molar-refractivity contribution in [2.45, 2.75) is 114 Å². The lowest BCUT2D eigenvalue weighted by Gasteiger charge is -2.23. The highest BCUT2D eigenvalue weighted by Crippen LogP contribution is 2.31.